The van der Waals surface area contributed by atoms with Crippen LogP contribution in [-0.4, -0.2) is 43.2 Å². The number of rotatable bonds is 8. The Balaban J connectivity index is 1.67. The highest BCUT2D eigenvalue weighted by Crippen LogP contribution is 2.22. The van der Waals surface area contributed by atoms with Gasteiger partial charge in [0.05, 0.1) is 13.2 Å². The van der Waals surface area contributed by atoms with Crippen LogP contribution in [0.15, 0.2) is 54.6 Å². The Kier molecular flexibility index (Phi) is 6.85. The molecule has 1 amide bonds. The molecule has 1 heterocycles. The van der Waals surface area contributed by atoms with Crippen molar-refractivity contribution in [3.05, 3.63) is 65.7 Å². The molecule has 2 aromatic rings. The van der Waals surface area contributed by atoms with Gasteiger partial charge in [-0.15, -0.1) is 0 Å². The summed E-state index contributed by atoms with van der Waals surface area (Å²) in [5, 5.41) is 0. The van der Waals surface area contributed by atoms with Crippen LogP contribution >= 0.6 is 0 Å². The number of methoxy groups -OCH3 is 1. The van der Waals surface area contributed by atoms with Crippen LogP contribution < -0.4 is 10.5 Å². The van der Waals surface area contributed by atoms with Crippen molar-refractivity contribution in [3.63, 3.8) is 0 Å². The van der Waals surface area contributed by atoms with Crippen molar-refractivity contribution in [2.45, 2.75) is 38.0 Å². The minimum atomic E-state index is -0.377. The van der Waals surface area contributed by atoms with Crippen molar-refractivity contribution in [2.75, 3.05) is 20.2 Å². The van der Waals surface area contributed by atoms with E-state index < -0.39 is 0 Å². The van der Waals surface area contributed by atoms with Gasteiger partial charge in [-0.1, -0.05) is 42.5 Å². The van der Waals surface area contributed by atoms with E-state index in [1.807, 2.05) is 59.5 Å². The van der Waals surface area contributed by atoms with E-state index in [1.165, 1.54) is 5.56 Å². The Morgan fingerprint density at radius 1 is 1.11 bits per heavy atom. The fourth-order valence-corrected chi connectivity index (χ4v) is 3.39. The number of nitrogens with two attached hydrogens (primary N) is 1. The molecule has 0 aliphatic carbocycles. The van der Waals surface area contributed by atoms with Gasteiger partial charge in [0.25, 0.3) is 5.91 Å². The van der Waals surface area contributed by atoms with Gasteiger partial charge in [-0.25, -0.2) is 0 Å². The lowest BCUT2D eigenvalue weighted by molar-refractivity contribution is -0.143. The van der Waals surface area contributed by atoms with Crippen molar-refractivity contribution >= 4 is 5.91 Å². The first-order chi connectivity index (χ1) is 13.2. The lowest BCUT2D eigenvalue weighted by Crippen LogP contribution is -2.40. The molecule has 3 rings (SSSR count). The Labute approximate surface area is 161 Å². The number of carbonyl (C=O) groups is 1. The maximum absolute atomic E-state index is 13.1. The second-order valence-electron chi connectivity index (χ2n) is 6.90. The molecule has 1 aliphatic rings. The van der Waals surface area contributed by atoms with Crippen LogP contribution in [0.5, 0.6) is 5.75 Å². The van der Waals surface area contributed by atoms with E-state index in [9.17, 15) is 4.79 Å². The molecule has 27 heavy (non-hydrogen) atoms. The van der Waals surface area contributed by atoms with E-state index in [0.717, 1.165) is 30.6 Å². The molecule has 1 aliphatic heterocycles. The van der Waals surface area contributed by atoms with Crippen molar-refractivity contribution < 1.29 is 14.3 Å². The SMILES string of the molecule is COc1ccc(CCN(Cc2ccccc2)C(=O)[C@@H]2CC[C@H](CN)O2)cc1. The molecule has 0 saturated carbocycles. The monoisotopic (exact) mass is 368 g/mol. The Bertz CT molecular complexity index is 718. The number of carbonyl (C=O) groups excluding carboxylic acids is 1. The quantitative estimate of drug-likeness (QED) is 0.778. The van der Waals surface area contributed by atoms with Gasteiger partial charge in [-0.3, -0.25) is 4.79 Å². The number of amides is 1. The lowest BCUT2D eigenvalue weighted by Gasteiger charge is -2.26. The predicted octanol–water partition coefficient (Wildman–Crippen LogP) is 2.77. The summed E-state index contributed by atoms with van der Waals surface area (Å²) in [5.74, 6) is 0.895. The summed E-state index contributed by atoms with van der Waals surface area (Å²) in [6, 6.07) is 18.1. The third kappa shape index (κ3) is 5.31. The van der Waals surface area contributed by atoms with Gasteiger partial charge in [-0.05, 0) is 42.5 Å². The first-order valence-electron chi connectivity index (χ1n) is 9.50. The molecule has 0 spiro atoms. The second kappa shape index (κ2) is 9.53. The summed E-state index contributed by atoms with van der Waals surface area (Å²) in [4.78, 5) is 15.0. The van der Waals surface area contributed by atoms with Gasteiger partial charge in [-0.2, -0.15) is 0 Å². The van der Waals surface area contributed by atoms with Crippen molar-refractivity contribution in [1.82, 2.24) is 4.90 Å². The van der Waals surface area contributed by atoms with E-state index in [4.69, 9.17) is 15.2 Å². The molecule has 5 heteroatoms. The summed E-state index contributed by atoms with van der Waals surface area (Å²) in [6.07, 6.45) is 2.01. The van der Waals surface area contributed by atoms with Crippen molar-refractivity contribution in [1.29, 1.82) is 0 Å². The molecule has 0 bridgehead atoms. The number of benzene rings is 2. The Morgan fingerprint density at radius 3 is 2.48 bits per heavy atom. The van der Waals surface area contributed by atoms with Gasteiger partial charge >= 0.3 is 0 Å². The maximum atomic E-state index is 13.1. The van der Waals surface area contributed by atoms with Crippen molar-refractivity contribution in [2.24, 2.45) is 5.73 Å². The van der Waals surface area contributed by atoms with Gasteiger partial charge in [0.2, 0.25) is 0 Å². The number of hydrogen-bond donors (Lipinski definition) is 1. The maximum Gasteiger partial charge on any atom is 0.252 e. The number of ether oxygens (including phenoxy) is 2. The zero-order chi connectivity index (χ0) is 19.1. The number of hydrogen-bond acceptors (Lipinski definition) is 4. The zero-order valence-electron chi connectivity index (χ0n) is 15.8. The van der Waals surface area contributed by atoms with Gasteiger partial charge in [0.1, 0.15) is 11.9 Å². The fraction of sp³-hybridized carbons (Fsp3) is 0.409. The molecular formula is C22H28N2O3. The van der Waals surface area contributed by atoms with E-state index in [2.05, 4.69) is 0 Å². The molecule has 1 fully saturated rings. The van der Waals surface area contributed by atoms with E-state index in [-0.39, 0.29) is 18.1 Å². The fourth-order valence-electron chi connectivity index (χ4n) is 3.39. The van der Waals surface area contributed by atoms with Crippen LogP contribution in [-0.2, 0) is 22.5 Å². The standard InChI is InChI=1S/C22H28N2O3/c1-26-19-9-7-17(8-10-19)13-14-24(16-18-5-3-2-4-6-18)22(25)21-12-11-20(15-23)27-21/h2-10,20-21H,11-16,23H2,1H3/t20-,21+/m1/s1. The van der Waals surface area contributed by atoms with Crippen LogP contribution in [0.25, 0.3) is 0 Å². The molecule has 0 radical (unpaired) electrons. The first-order valence-corrected chi connectivity index (χ1v) is 9.50. The van der Waals surface area contributed by atoms with Crippen molar-refractivity contribution in [3.8, 4) is 5.75 Å². The highest BCUT2D eigenvalue weighted by atomic mass is 16.5. The average molecular weight is 368 g/mol. The van der Waals surface area contributed by atoms with Crippen LogP contribution in [0.2, 0.25) is 0 Å². The van der Waals surface area contributed by atoms with Gasteiger partial charge in [0, 0.05) is 19.6 Å². The van der Waals surface area contributed by atoms with Crippen LogP contribution in [0.4, 0.5) is 0 Å². The summed E-state index contributed by atoms with van der Waals surface area (Å²) < 4.78 is 11.0. The largest absolute Gasteiger partial charge is 0.497 e. The smallest absolute Gasteiger partial charge is 0.252 e. The van der Waals surface area contributed by atoms with Crippen LogP contribution in [0, 0.1) is 0 Å². The van der Waals surface area contributed by atoms with Crippen LogP contribution in [0.3, 0.4) is 0 Å². The molecule has 2 N–H and O–H groups in total. The van der Waals surface area contributed by atoms with Gasteiger partial charge in [0.15, 0.2) is 0 Å². The van der Waals surface area contributed by atoms with E-state index in [0.29, 0.717) is 19.6 Å². The summed E-state index contributed by atoms with van der Waals surface area (Å²) in [6.45, 7) is 1.70. The summed E-state index contributed by atoms with van der Waals surface area (Å²) >= 11 is 0. The highest BCUT2D eigenvalue weighted by molar-refractivity contribution is 5.81. The minimum absolute atomic E-state index is 0.000821. The highest BCUT2D eigenvalue weighted by Gasteiger charge is 2.32. The molecule has 1 saturated heterocycles. The van der Waals surface area contributed by atoms with E-state index in [1.54, 1.807) is 7.11 Å². The second-order valence-corrected chi connectivity index (χ2v) is 6.90. The van der Waals surface area contributed by atoms with Gasteiger partial charge < -0.3 is 20.1 Å². The third-order valence-corrected chi connectivity index (χ3v) is 5.00. The third-order valence-electron chi connectivity index (χ3n) is 5.00. The molecule has 0 aromatic heterocycles. The minimum Gasteiger partial charge on any atom is -0.497 e. The summed E-state index contributed by atoms with van der Waals surface area (Å²) in [7, 11) is 1.66. The molecule has 5 nitrogen and oxygen atoms in total. The van der Waals surface area contributed by atoms with Crippen LogP contribution in [0.1, 0.15) is 24.0 Å². The Hall–Kier alpha value is -2.37. The molecule has 2 aromatic carbocycles. The van der Waals surface area contributed by atoms with E-state index >= 15 is 0 Å². The number of nitrogens with zero attached hydrogens (tertiary/aromatic N) is 1. The topological polar surface area (TPSA) is 64.8 Å². The first kappa shape index (κ1) is 19.4. The normalized spacial score (nSPS) is 19.0. The molecule has 2 atom stereocenters. The zero-order valence-corrected chi connectivity index (χ0v) is 15.8. The summed E-state index contributed by atoms with van der Waals surface area (Å²) in [5.41, 5.74) is 7.99. The predicted molar refractivity (Wildman–Crippen MR) is 106 cm³/mol. The molecule has 0 unspecified atom stereocenters. The average Bonchev–Trinajstić information content (AvgIpc) is 3.21. The molecular weight excluding hydrogens is 340 g/mol. The lowest BCUT2D eigenvalue weighted by atomic mass is 10.1. The Morgan fingerprint density at radius 2 is 1.85 bits per heavy atom. The molecule has 144 valence electrons.